The first kappa shape index (κ1) is 16.6. The molecule has 2 aromatic rings. The van der Waals surface area contributed by atoms with Crippen molar-refractivity contribution in [2.45, 2.75) is 19.6 Å². The minimum atomic E-state index is 0.200. The second-order valence-electron chi connectivity index (χ2n) is 4.73. The van der Waals surface area contributed by atoms with Crippen LogP contribution in [0.2, 0.25) is 10.0 Å². The molecule has 5 heteroatoms. The van der Waals surface area contributed by atoms with Gasteiger partial charge in [0.05, 0.1) is 10.0 Å². The van der Waals surface area contributed by atoms with Gasteiger partial charge in [0.15, 0.2) is 0 Å². The summed E-state index contributed by atoms with van der Waals surface area (Å²) in [5, 5.41) is 4.31. The Morgan fingerprint density at radius 1 is 1.14 bits per heavy atom. The van der Waals surface area contributed by atoms with Crippen molar-refractivity contribution >= 4 is 39.1 Å². The van der Waals surface area contributed by atoms with Gasteiger partial charge >= 0.3 is 0 Å². The molecule has 0 radical (unpaired) electrons. The van der Waals surface area contributed by atoms with E-state index in [9.17, 15) is 0 Å². The Morgan fingerprint density at radius 2 is 1.90 bits per heavy atom. The van der Waals surface area contributed by atoms with Crippen molar-refractivity contribution < 1.29 is 4.74 Å². The lowest BCUT2D eigenvalue weighted by Crippen LogP contribution is -2.13. The molecule has 0 aliphatic heterocycles. The first-order chi connectivity index (χ1) is 10.0. The molecule has 0 amide bonds. The van der Waals surface area contributed by atoms with Crippen LogP contribution in [0.25, 0.3) is 0 Å². The lowest BCUT2D eigenvalue weighted by Gasteiger charge is -2.17. The summed E-state index contributed by atoms with van der Waals surface area (Å²) in [6.07, 6.45) is 0. The van der Waals surface area contributed by atoms with Crippen molar-refractivity contribution in [1.82, 2.24) is 5.32 Å². The third-order valence-corrected chi connectivity index (χ3v) is 4.48. The van der Waals surface area contributed by atoms with Crippen LogP contribution in [0.1, 0.15) is 24.1 Å². The predicted molar refractivity (Wildman–Crippen MR) is 92.4 cm³/mol. The van der Waals surface area contributed by atoms with Gasteiger partial charge in [-0.25, -0.2) is 0 Å². The largest absolute Gasteiger partial charge is 0.489 e. The van der Waals surface area contributed by atoms with Gasteiger partial charge in [-0.1, -0.05) is 45.2 Å². The summed E-state index contributed by atoms with van der Waals surface area (Å²) in [6.45, 7) is 2.54. The minimum absolute atomic E-state index is 0.200. The maximum absolute atomic E-state index is 6.02. The second kappa shape index (κ2) is 7.50. The van der Waals surface area contributed by atoms with Gasteiger partial charge in [-0.2, -0.15) is 0 Å². The average molecular weight is 389 g/mol. The van der Waals surface area contributed by atoms with Crippen LogP contribution in [0.4, 0.5) is 0 Å². The van der Waals surface area contributed by atoms with Crippen LogP contribution < -0.4 is 10.1 Å². The van der Waals surface area contributed by atoms with Crippen LogP contribution in [0.3, 0.4) is 0 Å². The van der Waals surface area contributed by atoms with Crippen LogP contribution in [0, 0.1) is 0 Å². The number of hydrogen-bond acceptors (Lipinski definition) is 2. The summed E-state index contributed by atoms with van der Waals surface area (Å²) in [4.78, 5) is 0. The smallest absolute Gasteiger partial charge is 0.124 e. The number of rotatable bonds is 5. The summed E-state index contributed by atoms with van der Waals surface area (Å²) in [6, 6.07) is 11.7. The minimum Gasteiger partial charge on any atom is -0.489 e. The Bertz CT molecular complexity index is 634. The third kappa shape index (κ3) is 4.36. The molecule has 0 saturated heterocycles. The number of hydrogen-bond donors (Lipinski definition) is 1. The molecular formula is C16H16BrCl2NO. The van der Waals surface area contributed by atoms with Crippen molar-refractivity contribution in [3.63, 3.8) is 0 Å². The number of ether oxygens (including phenoxy) is 1. The fourth-order valence-corrected chi connectivity index (χ4v) is 2.63. The van der Waals surface area contributed by atoms with Crippen LogP contribution in [-0.2, 0) is 6.61 Å². The van der Waals surface area contributed by atoms with Gasteiger partial charge in [0.2, 0.25) is 0 Å². The molecule has 2 aromatic carbocycles. The van der Waals surface area contributed by atoms with Crippen LogP contribution in [0.15, 0.2) is 40.9 Å². The van der Waals surface area contributed by atoms with Gasteiger partial charge in [0, 0.05) is 16.1 Å². The molecule has 1 N–H and O–H groups in total. The molecule has 0 spiro atoms. The number of nitrogens with one attached hydrogen (secondary N) is 1. The maximum Gasteiger partial charge on any atom is 0.124 e. The summed E-state index contributed by atoms with van der Waals surface area (Å²) in [5.41, 5.74) is 2.09. The van der Waals surface area contributed by atoms with Crippen LogP contribution >= 0.6 is 39.1 Å². The molecule has 0 heterocycles. The molecule has 0 saturated carbocycles. The zero-order valence-electron chi connectivity index (χ0n) is 11.8. The van der Waals surface area contributed by atoms with E-state index in [0.717, 1.165) is 21.3 Å². The molecule has 1 unspecified atom stereocenters. The van der Waals surface area contributed by atoms with Crippen molar-refractivity contribution in [3.8, 4) is 5.75 Å². The second-order valence-corrected chi connectivity index (χ2v) is 6.46. The molecule has 2 nitrogen and oxygen atoms in total. The number of benzene rings is 2. The van der Waals surface area contributed by atoms with Gasteiger partial charge in [-0.3, -0.25) is 0 Å². The Kier molecular flexibility index (Phi) is 5.94. The molecule has 0 fully saturated rings. The van der Waals surface area contributed by atoms with E-state index in [1.54, 1.807) is 6.07 Å². The van der Waals surface area contributed by atoms with Crippen molar-refractivity contribution in [2.75, 3.05) is 7.05 Å². The molecule has 0 bridgehead atoms. The Balaban J connectivity index is 2.17. The van der Waals surface area contributed by atoms with E-state index in [-0.39, 0.29) is 6.04 Å². The first-order valence-corrected chi connectivity index (χ1v) is 8.09. The molecule has 0 aliphatic rings. The van der Waals surface area contributed by atoms with Gasteiger partial charge in [-0.15, -0.1) is 0 Å². The van der Waals surface area contributed by atoms with Crippen molar-refractivity contribution in [1.29, 1.82) is 0 Å². The highest BCUT2D eigenvalue weighted by Gasteiger charge is 2.11. The third-order valence-electron chi connectivity index (χ3n) is 3.25. The fraction of sp³-hybridized carbons (Fsp3) is 0.250. The zero-order chi connectivity index (χ0) is 15.4. The summed E-state index contributed by atoms with van der Waals surface area (Å²) < 4.78 is 6.96. The molecule has 1 atom stereocenters. The molecular weight excluding hydrogens is 373 g/mol. The molecule has 0 aliphatic carbocycles. The van der Waals surface area contributed by atoms with Gasteiger partial charge in [0.1, 0.15) is 12.4 Å². The van der Waals surface area contributed by atoms with Gasteiger partial charge < -0.3 is 10.1 Å². The van der Waals surface area contributed by atoms with Crippen molar-refractivity contribution in [2.24, 2.45) is 0 Å². The van der Waals surface area contributed by atoms with Gasteiger partial charge in [-0.05, 0) is 49.9 Å². The van der Waals surface area contributed by atoms with E-state index < -0.39 is 0 Å². The summed E-state index contributed by atoms with van der Waals surface area (Å²) in [7, 11) is 1.92. The molecule has 2 rings (SSSR count). The first-order valence-electron chi connectivity index (χ1n) is 6.54. The zero-order valence-corrected chi connectivity index (χ0v) is 14.9. The average Bonchev–Trinajstić information content (AvgIpc) is 2.48. The van der Waals surface area contributed by atoms with Crippen LogP contribution in [0.5, 0.6) is 5.75 Å². The highest BCUT2D eigenvalue weighted by Crippen LogP contribution is 2.29. The topological polar surface area (TPSA) is 21.3 Å². The fourth-order valence-electron chi connectivity index (χ4n) is 1.94. The Morgan fingerprint density at radius 3 is 2.57 bits per heavy atom. The normalized spacial score (nSPS) is 12.2. The quantitative estimate of drug-likeness (QED) is 0.718. The van der Waals surface area contributed by atoms with Crippen LogP contribution in [-0.4, -0.2) is 7.05 Å². The Hall–Kier alpha value is -0.740. The van der Waals surface area contributed by atoms with E-state index in [0.29, 0.717) is 16.7 Å². The SMILES string of the molecule is CNC(C)c1cc(Br)ccc1OCc1ccc(Cl)c(Cl)c1. The maximum atomic E-state index is 6.02. The predicted octanol–water partition coefficient (Wildman–Crippen LogP) is 5.62. The number of halogens is 3. The summed E-state index contributed by atoms with van der Waals surface area (Å²) >= 11 is 15.4. The summed E-state index contributed by atoms with van der Waals surface area (Å²) in [5.74, 6) is 0.853. The van der Waals surface area contributed by atoms with E-state index in [1.807, 2.05) is 31.3 Å². The van der Waals surface area contributed by atoms with E-state index in [1.165, 1.54) is 0 Å². The van der Waals surface area contributed by atoms with E-state index in [2.05, 4.69) is 34.2 Å². The van der Waals surface area contributed by atoms with E-state index in [4.69, 9.17) is 27.9 Å². The Labute approximate surface area is 143 Å². The standard InChI is InChI=1S/C16H16BrCl2NO/c1-10(20-2)13-8-12(17)4-6-16(13)21-9-11-3-5-14(18)15(19)7-11/h3-8,10,20H,9H2,1-2H3. The van der Waals surface area contributed by atoms with Crippen molar-refractivity contribution in [3.05, 3.63) is 62.0 Å². The monoisotopic (exact) mass is 387 g/mol. The van der Waals surface area contributed by atoms with E-state index >= 15 is 0 Å². The lowest BCUT2D eigenvalue weighted by atomic mass is 10.1. The lowest BCUT2D eigenvalue weighted by molar-refractivity contribution is 0.300. The highest BCUT2D eigenvalue weighted by atomic mass is 79.9. The highest BCUT2D eigenvalue weighted by molar-refractivity contribution is 9.10. The molecule has 21 heavy (non-hydrogen) atoms. The van der Waals surface area contributed by atoms with Gasteiger partial charge in [0.25, 0.3) is 0 Å². The molecule has 0 aromatic heterocycles. The molecule has 112 valence electrons.